The minimum absolute atomic E-state index is 0.169. The van der Waals surface area contributed by atoms with E-state index in [1.165, 1.54) is 11.3 Å². The summed E-state index contributed by atoms with van der Waals surface area (Å²) >= 11 is 1.17. The van der Waals surface area contributed by atoms with Crippen molar-refractivity contribution >= 4 is 39.0 Å². The minimum Gasteiger partial charge on any atom is -0.406 e. The van der Waals surface area contributed by atoms with Crippen LogP contribution in [0.15, 0.2) is 42.6 Å². The van der Waals surface area contributed by atoms with E-state index in [0.29, 0.717) is 17.3 Å². The highest BCUT2D eigenvalue weighted by Crippen LogP contribution is 2.33. The van der Waals surface area contributed by atoms with Gasteiger partial charge in [-0.05, 0) is 61.1 Å². The molecule has 2 N–H and O–H groups in total. The maximum Gasteiger partial charge on any atom is 0.573 e. The molecular formula is C25H22F4N6O3S. The number of hydrogen-bond donors (Lipinski definition) is 2. The summed E-state index contributed by atoms with van der Waals surface area (Å²) in [6.45, 7) is 0. The second kappa shape index (κ2) is 11.1. The SMILES string of the molecule is CO[C@H](C(=O)Nc1nnc(CC2CC=C(c3cc4cc[nH]c4nn3)CC2)s1)c1cc(OC(F)(F)F)ccc1F. The third kappa shape index (κ3) is 6.40. The summed E-state index contributed by atoms with van der Waals surface area (Å²) in [5.41, 5.74) is 2.35. The van der Waals surface area contributed by atoms with Crippen LogP contribution in [0.3, 0.4) is 0 Å². The van der Waals surface area contributed by atoms with Crippen molar-refractivity contribution in [1.82, 2.24) is 25.4 Å². The number of allylic oxidation sites excluding steroid dienone is 2. The van der Waals surface area contributed by atoms with Crippen molar-refractivity contribution in [2.24, 2.45) is 5.92 Å². The number of halogens is 4. The van der Waals surface area contributed by atoms with Crippen LogP contribution >= 0.6 is 11.3 Å². The number of carbonyl (C=O) groups excluding carboxylic acids is 1. The van der Waals surface area contributed by atoms with Crippen LogP contribution in [0, 0.1) is 11.7 Å². The Morgan fingerprint density at radius 3 is 2.79 bits per heavy atom. The number of nitrogens with zero attached hydrogens (tertiary/aromatic N) is 4. The van der Waals surface area contributed by atoms with Crippen LogP contribution in [-0.2, 0) is 16.0 Å². The van der Waals surface area contributed by atoms with Gasteiger partial charge in [-0.2, -0.15) is 0 Å². The number of rotatable bonds is 8. The average Bonchev–Trinajstić information content (AvgIpc) is 3.54. The Labute approximate surface area is 223 Å². The third-order valence-electron chi connectivity index (χ3n) is 6.27. The lowest BCUT2D eigenvalue weighted by molar-refractivity contribution is -0.274. The van der Waals surface area contributed by atoms with Crippen LogP contribution in [-0.4, -0.2) is 44.8 Å². The van der Waals surface area contributed by atoms with E-state index >= 15 is 0 Å². The molecule has 0 spiro atoms. The Bertz CT molecular complexity index is 1520. The maximum atomic E-state index is 14.4. The van der Waals surface area contributed by atoms with Crippen LogP contribution < -0.4 is 10.1 Å². The molecule has 204 valence electrons. The number of aromatic nitrogens is 5. The van der Waals surface area contributed by atoms with Gasteiger partial charge in [-0.3, -0.25) is 10.1 Å². The molecule has 3 aromatic heterocycles. The maximum absolute atomic E-state index is 14.4. The number of amides is 1. The van der Waals surface area contributed by atoms with Gasteiger partial charge in [0.05, 0.1) is 5.69 Å². The number of alkyl halides is 3. The second-order valence-corrected chi connectivity index (χ2v) is 9.98. The van der Waals surface area contributed by atoms with E-state index < -0.39 is 35.5 Å². The van der Waals surface area contributed by atoms with E-state index in [9.17, 15) is 22.4 Å². The topological polar surface area (TPSA) is 115 Å². The summed E-state index contributed by atoms with van der Waals surface area (Å²) in [4.78, 5) is 15.8. The molecule has 1 amide bonds. The molecule has 1 unspecified atom stereocenters. The number of nitrogens with one attached hydrogen (secondary N) is 2. The molecule has 0 saturated carbocycles. The van der Waals surface area contributed by atoms with Crippen molar-refractivity contribution in [2.75, 3.05) is 12.4 Å². The number of fused-ring (bicyclic) bond motifs is 1. The summed E-state index contributed by atoms with van der Waals surface area (Å²) in [6, 6.07) is 6.33. The van der Waals surface area contributed by atoms with Crippen molar-refractivity contribution in [2.45, 2.75) is 38.1 Å². The molecule has 39 heavy (non-hydrogen) atoms. The highest BCUT2D eigenvalue weighted by Gasteiger charge is 2.32. The van der Waals surface area contributed by atoms with Crippen LogP contribution in [0.25, 0.3) is 16.6 Å². The number of aromatic amines is 1. The van der Waals surface area contributed by atoms with Gasteiger partial charge in [0.15, 0.2) is 11.8 Å². The van der Waals surface area contributed by atoms with E-state index in [1.807, 2.05) is 18.3 Å². The van der Waals surface area contributed by atoms with Gasteiger partial charge in [-0.1, -0.05) is 17.4 Å². The quantitative estimate of drug-likeness (QED) is 0.269. The first-order valence-electron chi connectivity index (χ1n) is 11.9. The Morgan fingerprint density at radius 2 is 2.05 bits per heavy atom. The van der Waals surface area contributed by atoms with Crippen LogP contribution in [0.4, 0.5) is 22.7 Å². The zero-order valence-electron chi connectivity index (χ0n) is 20.5. The zero-order chi connectivity index (χ0) is 27.6. The van der Waals surface area contributed by atoms with Gasteiger partial charge in [0.25, 0.3) is 5.91 Å². The van der Waals surface area contributed by atoms with E-state index in [4.69, 9.17) is 4.74 Å². The van der Waals surface area contributed by atoms with Crippen molar-refractivity contribution in [3.05, 3.63) is 64.7 Å². The summed E-state index contributed by atoms with van der Waals surface area (Å²) in [6.07, 6.45) is 0.718. The molecular weight excluding hydrogens is 540 g/mol. The highest BCUT2D eigenvalue weighted by atomic mass is 32.1. The summed E-state index contributed by atoms with van der Waals surface area (Å²) < 4.78 is 60.9. The van der Waals surface area contributed by atoms with Gasteiger partial charge in [0.1, 0.15) is 16.6 Å². The molecule has 1 aliphatic carbocycles. The lowest BCUT2D eigenvalue weighted by Gasteiger charge is -2.20. The predicted octanol–water partition coefficient (Wildman–Crippen LogP) is 5.60. The van der Waals surface area contributed by atoms with Crippen LogP contribution in [0.1, 0.15) is 41.6 Å². The Morgan fingerprint density at radius 1 is 1.21 bits per heavy atom. The van der Waals surface area contributed by atoms with Crippen molar-refractivity contribution in [3.8, 4) is 5.75 Å². The molecule has 2 atom stereocenters. The van der Waals surface area contributed by atoms with E-state index in [-0.39, 0.29) is 5.13 Å². The first-order chi connectivity index (χ1) is 18.7. The standard InChI is InChI=1S/C25H22F4N6O3S/c1-37-21(17-12-16(6-7-18(17)26)38-25(27,28)29)23(36)31-24-35-33-20(39-24)10-13-2-4-14(5-3-13)19-11-15-8-9-30-22(15)34-32-19/h4,6-9,11-13,21H,2-3,5,10H2,1H3,(H,30,34)(H,31,35,36)/t13?,21-/m0/s1. The lowest BCUT2D eigenvalue weighted by atomic mass is 9.86. The molecule has 14 heteroatoms. The molecule has 3 heterocycles. The van der Waals surface area contributed by atoms with Crippen LogP contribution in [0.5, 0.6) is 5.75 Å². The fraction of sp³-hybridized carbons (Fsp3) is 0.320. The molecule has 5 rings (SSSR count). The first-order valence-corrected chi connectivity index (χ1v) is 12.7. The Balaban J connectivity index is 1.20. The second-order valence-electron chi connectivity index (χ2n) is 8.92. The van der Waals surface area contributed by atoms with Gasteiger partial charge in [0.2, 0.25) is 5.13 Å². The highest BCUT2D eigenvalue weighted by molar-refractivity contribution is 7.15. The molecule has 4 aromatic rings. The van der Waals surface area contributed by atoms with Crippen molar-refractivity contribution < 1.29 is 31.8 Å². The summed E-state index contributed by atoms with van der Waals surface area (Å²) in [7, 11) is 1.14. The van der Waals surface area contributed by atoms with E-state index in [0.717, 1.165) is 66.9 Å². The first kappa shape index (κ1) is 26.7. The average molecular weight is 563 g/mol. The number of benzene rings is 1. The van der Waals surface area contributed by atoms with Gasteiger partial charge in [-0.25, -0.2) is 4.39 Å². The molecule has 1 aliphatic rings. The monoisotopic (exact) mass is 562 g/mol. The normalized spacial score (nSPS) is 16.6. The molecule has 0 aliphatic heterocycles. The number of ether oxygens (including phenoxy) is 2. The molecule has 0 fully saturated rings. The number of hydrogen-bond acceptors (Lipinski definition) is 8. The predicted molar refractivity (Wildman–Crippen MR) is 134 cm³/mol. The van der Waals surface area contributed by atoms with Crippen molar-refractivity contribution in [1.29, 1.82) is 0 Å². The molecule has 9 nitrogen and oxygen atoms in total. The molecule has 0 saturated heterocycles. The minimum atomic E-state index is -4.97. The smallest absolute Gasteiger partial charge is 0.406 e. The van der Waals surface area contributed by atoms with E-state index in [2.05, 4.69) is 41.5 Å². The number of carbonyl (C=O) groups is 1. The molecule has 0 radical (unpaired) electrons. The van der Waals surface area contributed by atoms with Crippen LogP contribution in [0.2, 0.25) is 0 Å². The largest absolute Gasteiger partial charge is 0.573 e. The summed E-state index contributed by atoms with van der Waals surface area (Å²) in [5, 5.41) is 21.0. The summed E-state index contributed by atoms with van der Waals surface area (Å²) in [5.74, 6) is -2.08. The van der Waals surface area contributed by atoms with Gasteiger partial charge in [-0.15, -0.1) is 33.6 Å². The van der Waals surface area contributed by atoms with Gasteiger partial charge in [0, 0.05) is 30.7 Å². The van der Waals surface area contributed by atoms with E-state index in [1.54, 1.807) is 0 Å². The Kier molecular flexibility index (Phi) is 7.57. The zero-order valence-corrected chi connectivity index (χ0v) is 21.3. The number of H-pyrrole nitrogens is 1. The number of methoxy groups -OCH3 is 1. The molecule has 0 bridgehead atoms. The Hall–Kier alpha value is -3.91. The van der Waals surface area contributed by atoms with Gasteiger partial charge >= 0.3 is 6.36 Å². The van der Waals surface area contributed by atoms with Crippen molar-refractivity contribution in [3.63, 3.8) is 0 Å². The fourth-order valence-electron chi connectivity index (χ4n) is 4.42. The third-order valence-corrected chi connectivity index (χ3v) is 7.13. The van der Waals surface area contributed by atoms with Gasteiger partial charge < -0.3 is 14.5 Å². The number of anilines is 1. The molecule has 1 aromatic carbocycles. The fourth-order valence-corrected chi connectivity index (χ4v) is 5.28. The lowest BCUT2D eigenvalue weighted by Crippen LogP contribution is -2.24.